The highest BCUT2D eigenvalue weighted by atomic mass is 31.2. The molecule has 8 heteroatoms. The van der Waals surface area contributed by atoms with Crippen molar-refractivity contribution in [1.29, 1.82) is 0 Å². The van der Waals surface area contributed by atoms with Crippen LogP contribution in [0.1, 0.15) is 13.8 Å². The molecule has 106 valence electrons. The van der Waals surface area contributed by atoms with Crippen molar-refractivity contribution in [3.63, 3.8) is 0 Å². The van der Waals surface area contributed by atoms with E-state index in [1.54, 1.807) is 21.1 Å². The lowest BCUT2D eigenvalue weighted by molar-refractivity contribution is -0.887. The standard InChI is InChI=1S/C10H20NO6P/c1-8(2)10(12)16-9(3)17-18(13,14)15-7-11(4,5)6/h9H,1,7H2,2-6H3. The van der Waals surface area contributed by atoms with Crippen LogP contribution < -0.4 is 4.89 Å². The van der Waals surface area contributed by atoms with E-state index in [4.69, 9.17) is 0 Å². The maximum atomic E-state index is 11.4. The van der Waals surface area contributed by atoms with Gasteiger partial charge in [-0.2, -0.15) is 0 Å². The fraction of sp³-hybridized carbons (Fsp3) is 0.700. The third-order valence-corrected chi connectivity index (χ3v) is 2.49. The Morgan fingerprint density at radius 2 is 1.94 bits per heavy atom. The summed E-state index contributed by atoms with van der Waals surface area (Å²) < 4.78 is 25.5. The Balaban J connectivity index is 4.28. The number of phosphoric ester groups is 1. The molecule has 0 aromatic rings. The summed E-state index contributed by atoms with van der Waals surface area (Å²) in [7, 11) is 0.759. The maximum Gasteiger partial charge on any atom is 0.335 e. The van der Waals surface area contributed by atoms with Crippen LogP contribution in [0.2, 0.25) is 0 Å². The van der Waals surface area contributed by atoms with Crippen LogP contribution in [-0.2, 0) is 23.1 Å². The van der Waals surface area contributed by atoms with Gasteiger partial charge in [0.2, 0.25) is 6.29 Å². The zero-order valence-electron chi connectivity index (χ0n) is 11.3. The van der Waals surface area contributed by atoms with Crippen LogP contribution in [0.3, 0.4) is 0 Å². The predicted octanol–water partition coefficient (Wildman–Crippen LogP) is 0.617. The van der Waals surface area contributed by atoms with Crippen LogP contribution in [0.5, 0.6) is 0 Å². The van der Waals surface area contributed by atoms with Gasteiger partial charge in [0.1, 0.15) is 0 Å². The number of esters is 1. The Hall–Kier alpha value is -0.720. The van der Waals surface area contributed by atoms with Crippen molar-refractivity contribution < 1.29 is 32.5 Å². The molecule has 0 rings (SSSR count). The summed E-state index contributed by atoms with van der Waals surface area (Å²) in [6, 6.07) is 0. The Morgan fingerprint density at radius 3 is 2.33 bits per heavy atom. The third-order valence-electron chi connectivity index (χ3n) is 1.50. The minimum atomic E-state index is -4.50. The molecule has 0 aliphatic heterocycles. The summed E-state index contributed by atoms with van der Waals surface area (Å²) in [6.45, 7) is 6.00. The molecular formula is C10H20NO6P. The molecule has 0 spiro atoms. The van der Waals surface area contributed by atoms with Gasteiger partial charge in [-0.25, -0.2) is 4.79 Å². The van der Waals surface area contributed by atoms with Gasteiger partial charge in [0.25, 0.3) is 7.82 Å². The molecule has 0 N–H and O–H groups in total. The Morgan fingerprint density at radius 1 is 1.44 bits per heavy atom. The first kappa shape index (κ1) is 17.3. The van der Waals surface area contributed by atoms with E-state index in [1.807, 2.05) is 0 Å². The van der Waals surface area contributed by atoms with Gasteiger partial charge in [-0.1, -0.05) is 6.58 Å². The van der Waals surface area contributed by atoms with Crippen LogP contribution in [0.25, 0.3) is 0 Å². The molecule has 2 unspecified atom stereocenters. The molecular weight excluding hydrogens is 261 g/mol. The summed E-state index contributed by atoms with van der Waals surface area (Å²) in [4.78, 5) is 22.5. The second-order valence-corrected chi connectivity index (χ2v) is 6.22. The zero-order chi connectivity index (χ0) is 14.6. The number of hydrogen-bond donors (Lipinski definition) is 0. The van der Waals surface area contributed by atoms with Crippen molar-refractivity contribution in [2.45, 2.75) is 20.1 Å². The molecule has 7 nitrogen and oxygen atoms in total. The number of carbonyl (C=O) groups excluding carboxylic acids is 1. The van der Waals surface area contributed by atoms with Gasteiger partial charge < -0.3 is 14.1 Å². The van der Waals surface area contributed by atoms with Crippen molar-refractivity contribution in [3.05, 3.63) is 12.2 Å². The Bertz CT molecular complexity index is 362. The van der Waals surface area contributed by atoms with Crippen LogP contribution in [-0.4, -0.2) is 44.6 Å². The van der Waals surface area contributed by atoms with Crippen molar-refractivity contribution in [3.8, 4) is 0 Å². The lowest BCUT2D eigenvalue weighted by Gasteiger charge is -2.30. The molecule has 0 saturated heterocycles. The first-order valence-corrected chi connectivity index (χ1v) is 6.70. The highest BCUT2D eigenvalue weighted by molar-refractivity contribution is 7.45. The topological polar surface area (TPSA) is 84.9 Å². The first-order valence-electron chi connectivity index (χ1n) is 5.24. The van der Waals surface area contributed by atoms with Crippen molar-refractivity contribution in [1.82, 2.24) is 0 Å². The lowest BCUT2D eigenvalue weighted by Crippen LogP contribution is -2.37. The quantitative estimate of drug-likeness (QED) is 0.223. The molecule has 0 fully saturated rings. The Kier molecular flexibility index (Phi) is 6.19. The summed E-state index contributed by atoms with van der Waals surface area (Å²) in [5, 5.41) is 0. The third kappa shape index (κ3) is 8.38. The molecule has 0 aliphatic carbocycles. The van der Waals surface area contributed by atoms with E-state index in [0.717, 1.165) is 0 Å². The van der Waals surface area contributed by atoms with E-state index in [-0.39, 0.29) is 16.8 Å². The average molecular weight is 281 g/mol. The summed E-state index contributed by atoms with van der Waals surface area (Å²) in [5.41, 5.74) is 0.151. The monoisotopic (exact) mass is 281 g/mol. The second-order valence-electron chi connectivity index (χ2n) is 4.85. The fourth-order valence-electron chi connectivity index (χ4n) is 0.729. The number of phosphoric acid groups is 1. The van der Waals surface area contributed by atoms with Gasteiger partial charge in [0, 0.05) is 5.57 Å². The van der Waals surface area contributed by atoms with Crippen molar-refractivity contribution in [2.75, 3.05) is 27.9 Å². The summed E-state index contributed by atoms with van der Waals surface area (Å²) in [6.07, 6.45) is -1.26. The summed E-state index contributed by atoms with van der Waals surface area (Å²) >= 11 is 0. The molecule has 0 amide bonds. The largest absolute Gasteiger partial charge is 0.756 e. The molecule has 2 atom stereocenters. The molecule has 0 bridgehead atoms. The number of nitrogens with zero attached hydrogens (tertiary/aromatic N) is 1. The maximum absolute atomic E-state index is 11.4. The molecule has 0 aromatic carbocycles. The van der Waals surface area contributed by atoms with Gasteiger partial charge in [-0.15, -0.1) is 0 Å². The summed E-state index contributed by atoms with van der Waals surface area (Å²) in [5.74, 6) is -0.728. The van der Waals surface area contributed by atoms with E-state index in [9.17, 15) is 14.3 Å². The van der Waals surface area contributed by atoms with E-state index < -0.39 is 20.1 Å². The van der Waals surface area contributed by atoms with Crippen LogP contribution >= 0.6 is 7.82 Å². The zero-order valence-corrected chi connectivity index (χ0v) is 12.2. The number of rotatable bonds is 7. The minimum Gasteiger partial charge on any atom is -0.756 e. The van der Waals surface area contributed by atoms with Gasteiger partial charge in [0.05, 0.1) is 21.1 Å². The molecule has 18 heavy (non-hydrogen) atoms. The normalized spacial score (nSPS) is 16.8. The van der Waals surface area contributed by atoms with E-state index in [0.29, 0.717) is 0 Å². The van der Waals surface area contributed by atoms with Crippen LogP contribution in [0.15, 0.2) is 12.2 Å². The molecule has 0 heterocycles. The molecule has 0 saturated carbocycles. The SMILES string of the molecule is C=C(C)C(=O)OC(C)OP(=O)([O-])OC[N+](C)(C)C. The first-order chi connectivity index (χ1) is 7.93. The molecule has 0 aromatic heterocycles. The lowest BCUT2D eigenvalue weighted by atomic mass is 10.4. The molecule has 0 radical (unpaired) electrons. The number of ether oxygens (including phenoxy) is 1. The Labute approximate surface area is 107 Å². The highest BCUT2D eigenvalue weighted by Crippen LogP contribution is 2.40. The number of hydrogen-bond acceptors (Lipinski definition) is 6. The number of quaternary nitrogens is 1. The van der Waals surface area contributed by atoms with E-state index >= 15 is 0 Å². The second kappa shape index (κ2) is 6.45. The van der Waals surface area contributed by atoms with Gasteiger partial charge in [-0.3, -0.25) is 13.6 Å². The van der Waals surface area contributed by atoms with Gasteiger partial charge in [-0.05, 0) is 13.8 Å². The van der Waals surface area contributed by atoms with E-state index in [1.165, 1.54) is 13.8 Å². The van der Waals surface area contributed by atoms with Gasteiger partial charge >= 0.3 is 5.97 Å². The predicted molar refractivity (Wildman–Crippen MR) is 63.0 cm³/mol. The minimum absolute atomic E-state index is 0.0814. The van der Waals surface area contributed by atoms with Crippen LogP contribution in [0, 0.1) is 0 Å². The van der Waals surface area contributed by atoms with Gasteiger partial charge in [0.15, 0.2) is 6.73 Å². The smallest absolute Gasteiger partial charge is 0.335 e. The fourth-order valence-corrected chi connectivity index (χ4v) is 1.68. The molecule has 0 aliphatic rings. The van der Waals surface area contributed by atoms with Crippen LogP contribution in [0.4, 0.5) is 0 Å². The highest BCUT2D eigenvalue weighted by Gasteiger charge is 2.20. The van der Waals surface area contributed by atoms with E-state index in [2.05, 4.69) is 20.4 Å². The van der Waals surface area contributed by atoms with Crippen molar-refractivity contribution >= 4 is 13.8 Å². The average Bonchev–Trinajstić information content (AvgIpc) is 2.12. The number of carbonyl (C=O) groups is 1. The van der Waals surface area contributed by atoms with Crippen molar-refractivity contribution in [2.24, 2.45) is 0 Å².